The summed E-state index contributed by atoms with van der Waals surface area (Å²) in [6, 6.07) is 11.0. The fourth-order valence-corrected chi connectivity index (χ4v) is 2.92. The lowest BCUT2D eigenvalue weighted by Gasteiger charge is -2.19. The molecular weight excluding hydrogens is 385 g/mol. The van der Waals surface area contributed by atoms with Crippen LogP contribution in [0, 0.1) is 0 Å². The van der Waals surface area contributed by atoms with Crippen molar-refractivity contribution in [2.75, 3.05) is 0 Å². The smallest absolute Gasteiger partial charge is 0.338 e. The van der Waals surface area contributed by atoms with Gasteiger partial charge in [-0.05, 0) is 49.7 Å². The fraction of sp³-hybridized carbons (Fsp3) is 0.222. The summed E-state index contributed by atoms with van der Waals surface area (Å²) in [6.07, 6.45) is -0.972. The standard InChI is InChI=1S/C18H16Cl3NO3/c1-10(15-7-6-14(20)9-16(15)21)22-17(23)11(2)25-18(24)12-4-3-5-13(19)8-12/h3-11H,1-2H3,(H,22,23)/t10-,11+/m0/s1. The van der Waals surface area contributed by atoms with Gasteiger partial charge in [-0.2, -0.15) is 0 Å². The number of amides is 1. The maximum Gasteiger partial charge on any atom is 0.338 e. The third kappa shape index (κ3) is 5.36. The van der Waals surface area contributed by atoms with Crippen LogP contribution in [0.3, 0.4) is 0 Å². The maximum atomic E-state index is 12.3. The molecule has 0 aromatic heterocycles. The molecule has 0 aliphatic heterocycles. The first-order valence-electron chi connectivity index (χ1n) is 7.50. The number of hydrogen-bond acceptors (Lipinski definition) is 3. The quantitative estimate of drug-likeness (QED) is 0.713. The van der Waals surface area contributed by atoms with Gasteiger partial charge in [-0.3, -0.25) is 4.79 Å². The van der Waals surface area contributed by atoms with Gasteiger partial charge in [0.05, 0.1) is 11.6 Å². The van der Waals surface area contributed by atoms with Crippen LogP contribution in [0.1, 0.15) is 35.8 Å². The molecule has 0 spiro atoms. The van der Waals surface area contributed by atoms with Crippen LogP contribution in [0.25, 0.3) is 0 Å². The minimum Gasteiger partial charge on any atom is -0.449 e. The molecule has 132 valence electrons. The van der Waals surface area contributed by atoms with Gasteiger partial charge < -0.3 is 10.1 Å². The Morgan fingerprint density at radius 3 is 2.32 bits per heavy atom. The third-order valence-corrected chi connectivity index (χ3v) is 4.30. The predicted molar refractivity (Wildman–Crippen MR) is 99.3 cm³/mol. The van der Waals surface area contributed by atoms with Gasteiger partial charge in [0.1, 0.15) is 0 Å². The van der Waals surface area contributed by atoms with Gasteiger partial charge in [0.2, 0.25) is 0 Å². The second-order valence-corrected chi connectivity index (χ2v) is 6.73. The highest BCUT2D eigenvalue weighted by Crippen LogP contribution is 2.26. The number of hydrogen-bond donors (Lipinski definition) is 1. The molecule has 0 heterocycles. The Kier molecular flexibility index (Phi) is 6.71. The average molecular weight is 401 g/mol. The lowest BCUT2D eigenvalue weighted by atomic mass is 10.1. The van der Waals surface area contributed by atoms with Gasteiger partial charge in [-0.25, -0.2) is 4.79 Å². The highest BCUT2D eigenvalue weighted by atomic mass is 35.5. The zero-order valence-electron chi connectivity index (χ0n) is 13.6. The van der Waals surface area contributed by atoms with E-state index in [0.29, 0.717) is 20.6 Å². The second-order valence-electron chi connectivity index (χ2n) is 5.45. The van der Waals surface area contributed by atoms with Gasteiger partial charge in [-0.15, -0.1) is 0 Å². The van der Waals surface area contributed by atoms with Crippen LogP contribution in [-0.4, -0.2) is 18.0 Å². The molecule has 2 aromatic rings. The van der Waals surface area contributed by atoms with E-state index in [-0.39, 0.29) is 11.6 Å². The van der Waals surface area contributed by atoms with Crippen LogP contribution >= 0.6 is 34.8 Å². The summed E-state index contributed by atoms with van der Waals surface area (Å²) in [5, 5.41) is 4.13. The van der Waals surface area contributed by atoms with Crippen LogP contribution in [0.4, 0.5) is 0 Å². The Hall–Kier alpha value is -1.75. The highest BCUT2D eigenvalue weighted by molar-refractivity contribution is 6.35. The molecule has 2 aromatic carbocycles. The van der Waals surface area contributed by atoms with E-state index in [0.717, 1.165) is 0 Å². The van der Waals surface area contributed by atoms with Crippen molar-refractivity contribution in [1.29, 1.82) is 0 Å². The van der Waals surface area contributed by atoms with E-state index in [4.69, 9.17) is 39.5 Å². The Morgan fingerprint density at radius 1 is 1.00 bits per heavy atom. The molecule has 0 saturated heterocycles. The van der Waals surface area contributed by atoms with Gasteiger partial charge in [0.15, 0.2) is 6.10 Å². The van der Waals surface area contributed by atoms with E-state index in [1.807, 2.05) is 0 Å². The molecule has 0 aliphatic carbocycles. The van der Waals surface area contributed by atoms with E-state index >= 15 is 0 Å². The Morgan fingerprint density at radius 2 is 1.68 bits per heavy atom. The summed E-state index contributed by atoms with van der Waals surface area (Å²) in [7, 11) is 0. The predicted octanol–water partition coefficient (Wildman–Crippen LogP) is 5.07. The van der Waals surface area contributed by atoms with E-state index in [2.05, 4.69) is 5.32 Å². The molecule has 25 heavy (non-hydrogen) atoms. The lowest BCUT2D eigenvalue weighted by Crippen LogP contribution is -2.37. The number of benzene rings is 2. The van der Waals surface area contributed by atoms with Crippen molar-refractivity contribution in [1.82, 2.24) is 5.32 Å². The molecule has 0 saturated carbocycles. The first-order chi connectivity index (χ1) is 11.8. The normalized spacial score (nSPS) is 13.0. The molecular formula is C18H16Cl3NO3. The summed E-state index contributed by atoms with van der Waals surface area (Å²) in [6.45, 7) is 3.27. The average Bonchev–Trinajstić information content (AvgIpc) is 2.54. The van der Waals surface area contributed by atoms with Crippen molar-refractivity contribution in [2.45, 2.75) is 26.0 Å². The van der Waals surface area contributed by atoms with Crippen LogP contribution < -0.4 is 5.32 Å². The van der Waals surface area contributed by atoms with Gasteiger partial charge >= 0.3 is 5.97 Å². The second kappa shape index (κ2) is 8.56. The summed E-state index contributed by atoms with van der Waals surface area (Å²) in [5.74, 6) is -1.06. The van der Waals surface area contributed by atoms with Gasteiger partial charge in [0, 0.05) is 15.1 Å². The molecule has 7 heteroatoms. The Bertz CT molecular complexity index is 795. The topological polar surface area (TPSA) is 55.4 Å². The molecule has 0 aliphatic rings. The summed E-state index contributed by atoms with van der Waals surface area (Å²) >= 11 is 17.8. The number of halogens is 3. The SMILES string of the molecule is C[C@H](NC(=O)[C@@H](C)OC(=O)c1cccc(Cl)c1)c1ccc(Cl)cc1Cl. The molecule has 4 nitrogen and oxygen atoms in total. The number of carbonyl (C=O) groups excluding carboxylic acids is 2. The van der Waals surface area contributed by atoms with Crippen molar-refractivity contribution in [3.05, 3.63) is 68.7 Å². The Balaban J connectivity index is 1.98. The lowest BCUT2D eigenvalue weighted by molar-refractivity contribution is -0.129. The van der Waals surface area contributed by atoms with Gasteiger partial charge in [0.25, 0.3) is 5.91 Å². The number of carbonyl (C=O) groups is 2. The van der Waals surface area contributed by atoms with Crippen LogP contribution in [-0.2, 0) is 9.53 Å². The molecule has 0 radical (unpaired) electrons. The number of nitrogens with one attached hydrogen (secondary N) is 1. The minimum absolute atomic E-state index is 0.279. The molecule has 2 rings (SSSR count). The van der Waals surface area contributed by atoms with Crippen molar-refractivity contribution in [2.24, 2.45) is 0 Å². The monoisotopic (exact) mass is 399 g/mol. The number of ether oxygens (including phenoxy) is 1. The minimum atomic E-state index is -0.972. The van der Waals surface area contributed by atoms with Gasteiger partial charge in [-0.1, -0.05) is 46.9 Å². The van der Waals surface area contributed by atoms with Crippen LogP contribution in [0.5, 0.6) is 0 Å². The zero-order chi connectivity index (χ0) is 18.6. The zero-order valence-corrected chi connectivity index (χ0v) is 15.8. The van der Waals surface area contributed by atoms with E-state index in [1.165, 1.54) is 13.0 Å². The van der Waals surface area contributed by atoms with Crippen LogP contribution in [0.15, 0.2) is 42.5 Å². The first-order valence-corrected chi connectivity index (χ1v) is 8.63. The maximum absolute atomic E-state index is 12.3. The first kappa shape index (κ1) is 19.6. The van der Waals surface area contributed by atoms with E-state index in [9.17, 15) is 9.59 Å². The molecule has 0 fully saturated rings. The number of esters is 1. The molecule has 1 amide bonds. The largest absolute Gasteiger partial charge is 0.449 e. The van der Waals surface area contributed by atoms with E-state index < -0.39 is 18.0 Å². The Labute approximate surface area is 161 Å². The molecule has 0 bridgehead atoms. The summed E-state index contributed by atoms with van der Waals surface area (Å²) in [5.41, 5.74) is 0.994. The molecule has 0 unspecified atom stereocenters. The number of rotatable bonds is 5. The van der Waals surface area contributed by atoms with E-state index in [1.54, 1.807) is 43.3 Å². The highest BCUT2D eigenvalue weighted by Gasteiger charge is 2.21. The summed E-state index contributed by atoms with van der Waals surface area (Å²) < 4.78 is 5.18. The van der Waals surface area contributed by atoms with Crippen molar-refractivity contribution >= 4 is 46.7 Å². The van der Waals surface area contributed by atoms with Crippen LogP contribution in [0.2, 0.25) is 15.1 Å². The summed E-state index contributed by atoms with van der Waals surface area (Å²) in [4.78, 5) is 24.3. The molecule has 2 atom stereocenters. The molecule has 1 N–H and O–H groups in total. The van der Waals surface area contributed by atoms with Crippen molar-refractivity contribution in [3.8, 4) is 0 Å². The van der Waals surface area contributed by atoms with Crippen molar-refractivity contribution in [3.63, 3.8) is 0 Å². The van der Waals surface area contributed by atoms with Crippen molar-refractivity contribution < 1.29 is 14.3 Å². The fourth-order valence-electron chi connectivity index (χ4n) is 2.16. The third-order valence-electron chi connectivity index (χ3n) is 3.50.